The number of oxazole rings is 1. The zero-order valence-electron chi connectivity index (χ0n) is 13.9. The van der Waals surface area contributed by atoms with Gasteiger partial charge in [0.2, 0.25) is 0 Å². The highest BCUT2D eigenvalue weighted by atomic mass is 16.3. The fraction of sp³-hybridized carbons (Fsp3) is 0.778. The van der Waals surface area contributed by atoms with E-state index in [4.69, 9.17) is 4.42 Å². The van der Waals surface area contributed by atoms with Crippen LogP contribution in [0.5, 0.6) is 0 Å². The molecule has 122 valence electrons. The highest BCUT2D eigenvalue weighted by Gasteiger charge is 2.29. The zero-order valence-corrected chi connectivity index (χ0v) is 13.9. The van der Waals surface area contributed by atoms with E-state index in [-0.39, 0.29) is 5.91 Å². The number of nitrogens with zero attached hydrogens (tertiary/aromatic N) is 2. The lowest BCUT2D eigenvalue weighted by Gasteiger charge is -2.30. The maximum absolute atomic E-state index is 12.9. The summed E-state index contributed by atoms with van der Waals surface area (Å²) in [6, 6.07) is 0.360. The van der Waals surface area contributed by atoms with Crippen molar-refractivity contribution in [1.29, 1.82) is 0 Å². The number of hydrogen-bond donors (Lipinski definition) is 0. The van der Waals surface area contributed by atoms with E-state index in [9.17, 15) is 4.79 Å². The zero-order chi connectivity index (χ0) is 15.5. The molecule has 0 N–H and O–H groups in total. The molecule has 1 aromatic heterocycles. The predicted molar refractivity (Wildman–Crippen MR) is 85.7 cm³/mol. The van der Waals surface area contributed by atoms with Crippen molar-refractivity contribution in [3.8, 4) is 0 Å². The molecule has 2 fully saturated rings. The Hall–Kier alpha value is -1.32. The summed E-state index contributed by atoms with van der Waals surface area (Å²) in [5.41, 5.74) is 0.506. The monoisotopic (exact) mass is 304 g/mol. The summed E-state index contributed by atoms with van der Waals surface area (Å²) in [5, 5.41) is 0. The van der Waals surface area contributed by atoms with Gasteiger partial charge in [-0.25, -0.2) is 4.98 Å². The first-order valence-electron chi connectivity index (χ1n) is 8.89. The van der Waals surface area contributed by atoms with E-state index >= 15 is 0 Å². The molecule has 0 spiro atoms. The Morgan fingerprint density at radius 3 is 2.86 bits per heavy atom. The van der Waals surface area contributed by atoms with E-state index in [1.807, 2.05) is 0 Å². The second kappa shape index (κ2) is 6.84. The third-order valence-corrected chi connectivity index (χ3v) is 4.81. The highest BCUT2D eigenvalue weighted by molar-refractivity contribution is 5.92. The fourth-order valence-electron chi connectivity index (χ4n) is 3.45. The molecule has 4 heteroatoms. The van der Waals surface area contributed by atoms with E-state index < -0.39 is 0 Å². The molecule has 0 radical (unpaired) electrons. The van der Waals surface area contributed by atoms with Crippen LogP contribution >= 0.6 is 0 Å². The van der Waals surface area contributed by atoms with Gasteiger partial charge in [0.25, 0.3) is 5.91 Å². The Labute approximate surface area is 133 Å². The second-order valence-electron chi connectivity index (χ2n) is 7.41. The molecule has 2 heterocycles. The van der Waals surface area contributed by atoms with Gasteiger partial charge in [-0.05, 0) is 43.9 Å². The lowest BCUT2D eigenvalue weighted by molar-refractivity contribution is 0.0655. The Morgan fingerprint density at radius 2 is 2.14 bits per heavy atom. The first-order chi connectivity index (χ1) is 10.6. The Kier molecular flexibility index (Phi) is 4.84. The standard InChI is InChI=1S/C18H28N2O2/c1-13(2)10-15-6-4-3-5-9-20(15)18(21)16-12-22-17(19-16)11-14-7-8-14/h12-15H,3-11H2,1-2H3. The molecule has 1 aliphatic heterocycles. The average Bonchev–Trinajstić information content (AvgIpc) is 3.20. The van der Waals surface area contributed by atoms with Gasteiger partial charge in [-0.2, -0.15) is 0 Å². The van der Waals surface area contributed by atoms with Crippen molar-refractivity contribution < 1.29 is 9.21 Å². The van der Waals surface area contributed by atoms with Crippen molar-refractivity contribution in [3.63, 3.8) is 0 Å². The summed E-state index contributed by atoms with van der Waals surface area (Å²) in [4.78, 5) is 19.4. The highest BCUT2D eigenvalue weighted by Crippen LogP contribution is 2.32. The van der Waals surface area contributed by atoms with E-state index in [1.54, 1.807) is 6.26 Å². The van der Waals surface area contributed by atoms with Crippen molar-refractivity contribution in [1.82, 2.24) is 9.88 Å². The van der Waals surface area contributed by atoms with Gasteiger partial charge in [0, 0.05) is 19.0 Å². The van der Waals surface area contributed by atoms with Crippen LogP contribution in [-0.2, 0) is 6.42 Å². The maximum Gasteiger partial charge on any atom is 0.276 e. The van der Waals surface area contributed by atoms with Gasteiger partial charge in [0.1, 0.15) is 6.26 Å². The fourth-order valence-corrected chi connectivity index (χ4v) is 3.45. The third kappa shape index (κ3) is 3.90. The summed E-state index contributed by atoms with van der Waals surface area (Å²) in [7, 11) is 0. The molecule has 1 saturated carbocycles. The lowest BCUT2D eigenvalue weighted by atomic mass is 9.98. The summed E-state index contributed by atoms with van der Waals surface area (Å²) in [6.07, 6.45) is 10.8. The molecule has 1 unspecified atom stereocenters. The van der Waals surface area contributed by atoms with E-state index in [0.29, 0.717) is 17.7 Å². The quantitative estimate of drug-likeness (QED) is 0.824. The predicted octanol–water partition coefficient (Wildman–Crippen LogP) is 4.06. The summed E-state index contributed by atoms with van der Waals surface area (Å²) in [6.45, 7) is 5.33. The first-order valence-corrected chi connectivity index (χ1v) is 8.89. The molecule has 1 atom stereocenters. The van der Waals surface area contributed by atoms with Gasteiger partial charge >= 0.3 is 0 Å². The molecule has 1 aliphatic carbocycles. The molecule has 22 heavy (non-hydrogen) atoms. The number of rotatable bonds is 5. The Morgan fingerprint density at radius 1 is 1.32 bits per heavy atom. The molecule has 1 aromatic rings. The Balaban J connectivity index is 1.70. The van der Waals surface area contributed by atoms with Crippen LogP contribution in [0.15, 0.2) is 10.7 Å². The minimum atomic E-state index is 0.0679. The summed E-state index contributed by atoms with van der Waals surface area (Å²) >= 11 is 0. The smallest absolute Gasteiger partial charge is 0.276 e. The van der Waals surface area contributed by atoms with Crippen LogP contribution in [0, 0.1) is 11.8 Å². The average molecular weight is 304 g/mol. The van der Waals surface area contributed by atoms with E-state index in [2.05, 4.69) is 23.7 Å². The van der Waals surface area contributed by atoms with Crippen LogP contribution in [0.3, 0.4) is 0 Å². The molecular weight excluding hydrogens is 276 g/mol. The molecule has 0 aromatic carbocycles. The van der Waals surface area contributed by atoms with Gasteiger partial charge in [0.15, 0.2) is 11.6 Å². The number of hydrogen-bond acceptors (Lipinski definition) is 3. The van der Waals surface area contributed by atoms with Crippen molar-refractivity contribution in [2.75, 3.05) is 6.54 Å². The molecule has 1 amide bonds. The van der Waals surface area contributed by atoms with Gasteiger partial charge < -0.3 is 9.32 Å². The van der Waals surface area contributed by atoms with Crippen LogP contribution in [0.2, 0.25) is 0 Å². The van der Waals surface area contributed by atoms with Gasteiger partial charge in [0.05, 0.1) is 0 Å². The topological polar surface area (TPSA) is 46.3 Å². The van der Waals surface area contributed by atoms with Crippen molar-refractivity contribution in [2.45, 2.75) is 71.3 Å². The Bertz CT molecular complexity index is 505. The summed E-state index contributed by atoms with van der Waals surface area (Å²) in [5.74, 6) is 2.15. The normalized spacial score (nSPS) is 22.9. The van der Waals surface area contributed by atoms with Gasteiger partial charge in [-0.15, -0.1) is 0 Å². The first kappa shape index (κ1) is 15.6. The van der Waals surface area contributed by atoms with Gasteiger partial charge in [-0.3, -0.25) is 4.79 Å². The third-order valence-electron chi connectivity index (χ3n) is 4.81. The van der Waals surface area contributed by atoms with Crippen molar-refractivity contribution in [3.05, 3.63) is 17.8 Å². The van der Waals surface area contributed by atoms with Crippen LogP contribution < -0.4 is 0 Å². The lowest BCUT2D eigenvalue weighted by Crippen LogP contribution is -2.41. The molecular formula is C18H28N2O2. The van der Waals surface area contributed by atoms with Crippen molar-refractivity contribution in [2.24, 2.45) is 11.8 Å². The van der Waals surface area contributed by atoms with Crippen LogP contribution in [0.25, 0.3) is 0 Å². The second-order valence-corrected chi connectivity index (χ2v) is 7.41. The molecule has 0 bridgehead atoms. The minimum absolute atomic E-state index is 0.0679. The number of amides is 1. The minimum Gasteiger partial charge on any atom is -0.448 e. The largest absolute Gasteiger partial charge is 0.448 e. The van der Waals surface area contributed by atoms with E-state index in [0.717, 1.165) is 44.0 Å². The molecule has 3 rings (SSSR count). The molecule has 4 nitrogen and oxygen atoms in total. The van der Waals surface area contributed by atoms with Crippen LogP contribution in [0.4, 0.5) is 0 Å². The van der Waals surface area contributed by atoms with Crippen molar-refractivity contribution >= 4 is 5.91 Å². The maximum atomic E-state index is 12.9. The number of carbonyl (C=O) groups excluding carboxylic acids is 1. The number of likely N-dealkylation sites (tertiary alicyclic amines) is 1. The van der Waals surface area contributed by atoms with Crippen LogP contribution in [-0.4, -0.2) is 28.4 Å². The molecule has 1 saturated heterocycles. The molecule has 2 aliphatic rings. The number of aromatic nitrogens is 1. The van der Waals surface area contributed by atoms with Gasteiger partial charge in [-0.1, -0.05) is 26.7 Å². The SMILES string of the molecule is CC(C)CC1CCCCCN1C(=O)c1coc(CC2CC2)n1. The van der Waals surface area contributed by atoms with Crippen LogP contribution in [0.1, 0.15) is 75.2 Å². The van der Waals surface area contributed by atoms with E-state index in [1.165, 1.54) is 25.7 Å². The summed E-state index contributed by atoms with van der Waals surface area (Å²) < 4.78 is 5.52. The number of carbonyl (C=O) groups is 1.